The molecule has 2 aliphatic rings. The Bertz CT molecular complexity index is 2120. The highest BCUT2D eigenvalue weighted by Gasteiger charge is 2.54. The molecule has 6 rings (SSSR count). The summed E-state index contributed by atoms with van der Waals surface area (Å²) in [4.78, 5) is 72.9. The maximum absolute atomic E-state index is 13.1. The van der Waals surface area contributed by atoms with Crippen molar-refractivity contribution in [2.24, 2.45) is 5.92 Å². The van der Waals surface area contributed by atoms with E-state index < -0.39 is 36.4 Å². The van der Waals surface area contributed by atoms with E-state index in [1.165, 1.54) is 0 Å². The molecule has 0 unspecified atom stereocenters. The largest absolute Gasteiger partial charge is 0.458 e. The molecule has 2 amide bonds. The van der Waals surface area contributed by atoms with Crippen molar-refractivity contribution in [3.8, 4) is 0 Å². The number of nitrogens with zero attached hydrogens (tertiary/aromatic N) is 5. The standard InChI is InChI=1S/C30H29ClN8O2.C4F6O2.C2HF3O/c31-25-18-34-30-36-24-12-20(15-33-17-24)3-4-21-14-23(35-28(25)38-30)5-6-26(21)37-27(40)13-19-7-10-39(11-8-19)29(41)22-2-1-9-32-16-22;5-3(6,7)1(11)2(12)4(8,9)10;3-2(4,5)1-6/h1-2,5-6,9,12,14-19H,3-4,7-8,10-11,13H2,(H,37,40)(H2,34,35,36,38);;1H. The Kier molecular flexibility index (Phi) is 15.0. The van der Waals surface area contributed by atoms with Crippen LogP contribution in [-0.2, 0) is 32.0 Å². The Morgan fingerprint density at radius 1 is 0.831 bits per heavy atom. The molecule has 0 atom stereocenters. The smallest absolute Gasteiger partial charge is 0.339 e. The minimum Gasteiger partial charge on any atom is -0.339 e. The molecule has 1 saturated heterocycles. The lowest BCUT2D eigenvalue weighted by Crippen LogP contribution is -2.39. The fourth-order valence-electron chi connectivity index (χ4n) is 5.49. The number of piperidine rings is 1. The predicted octanol–water partition coefficient (Wildman–Crippen LogP) is 7.38. The van der Waals surface area contributed by atoms with Gasteiger partial charge in [0.1, 0.15) is 5.02 Å². The molecule has 1 aromatic carbocycles. The Hall–Kier alpha value is -6.19. The van der Waals surface area contributed by atoms with Crippen LogP contribution in [0.1, 0.15) is 40.7 Å². The van der Waals surface area contributed by atoms with Gasteiger partial charge in [0.05, 0.1) is 23.6 Å². The third-order valence-electron chi connectivity index (χ3n) is 8.26. The lowest BCUT2D eigenvalue weighted by Gasteiger charge is -2.31. The Morgan fingerprint density at radius 3 is 2.08 bits per heavy atom. The van der Waals surface area contributed by atoms with E-state index in [0.717, 1.165) is 47.5 Å². The molecule has 1 fully saturated rings. The Labute approximate surface area is 332 Å². The molecular weight excluding hydrogens is 831 g/mol. The van der Waals surface area contributed by atoms with Gasteiger partial charge in [0.2, 0.25) is 18.1 Å². The number of ketones is 2. The fraction of sp³-hybridized carbons (Fsp3) is 0.306. The van der Waals surface area contributed by atoms with Gasteiger partial charge in [-0.25, -0.2) is 4.98 Å². The molecule has 0 saturated carbocycles. The van der Waals surface area contributed by atoms with Crippen LogP contribution < -0.4 is 16.0 Å². The van der Waals surface area contributed by atoms with Crippen molar-refractivity contribution < 1.29 is 63.5 Å². The first-order valence-corrected chi connectivity index (χ1v) is 17.4. The molecule has 3 aromatic heterocycles. The summed E-state index contributed by atoms with van der Waals surface area (Å²) in [6.07, 6.45) is -5.48. The number of halogens is 10. The van der Waals surface area contributed by atoms with E-state index >= 15 is 0 Å². The number of anilines is 5. The average Bonchev–Trinajstić information content (AvgIpc) is 3.18. The molecule has 4 aromatic rings. The Balaban J connectivity index is 0.000000358. The number of hydrogen-bond donors (Lipinski definition) is 3. The minimum absolute atomic E-state index is 0.00861. The zero-order valence-corrected chi connectivity index (χ0v) is 30.8. The van der Waals surface area contributed by atoms with Crippen molar-refractivity contribution in [3.63, 3.8) is 0 Å². The first kappa shape index (κ1) is 45.5. The summed E-state index contributed by atoms with van der Waals surface area (Å²) in [5, 5.41) is 10.0. The average molecular weight is 861 g/mol. The molecule has 5 heterocycles. The second-order valence-corrected chi connectivity index (χ2v) is 13.0. The zero-order chi connectivity index (χ0) is 43.5. The van der Waals surface area contributed by atoms with Gasteiger partial charge < -0.3 is 20.9 Å². The van der Waals surface area contributed by atoms with Gasteiger partial charge in [-0.05, 0) is 79.1 Å². The van der Waals surface area contributed by atoms with E-state index in [1.807, 2.05) is 35.4 Å². The number of alkyl halides is 9. The van der Waals surface area contributed by atoms with Crippen LogP contribution in [0, 0.1) is 5.92 Å². The van der Waals surface area contributed by atoms with Crippen LogP contribution in [0.5, 0.6) is 0 Å². The maximum Gasteiger partial charge on any atom is 0.458 e. The first-order chi connectivity index (χ1) is 27.6. The van der Waals surface area contributed by atoms with Gasteiger partial charge in [0.15, 0.2) is 5.82 Å². The highest BCUT2D eigenvalue weighted by atomic mass is 35.5. The predicted molar refractivity (Wildman–Crippen MR) is 192 cm³/mol. The molecule has 6 bridgehead atoms. The summed E-state index contributed by atoms with van der Waals surface area (Å²) in [5.41, 5.74) is 4.99. The van der Waals surface area contributed by atoms with Crippen LogP contribution in [0.3, 0.4) is 0 Å². The normalized spacial score (nSPS) is 14.1. The van der Waals surface area contributed by atoms with E-state index in [4.69, 9.17) is 16.4 Å². The number of likely N-dealkylation sites (tertiary alicyclic amines) is 1. The zero-order valence-electron chi connectivity index (χ0n) is 30.0. The SMILES string of the molecule is O=C(C(=O)C(F)(F)F)C(F)(F)F.O=C(CC1CCN(C(=O)c2cccnc2)CC1)Nc1ccc2cc1CCc1cncc(c1)Nc1ncc(Cl)c(n1)N2.O=CC(F)(F)F. The lowest BCUT2D eigenvalue weighted by molar-refractivity contribution is -0.193. The quantitative estimate of drug-likeness (QED) is 0.104. The molecule has 59 heavy (non-hydrogen) atoms. The number of nitrogens with one attached hydrogen (secondary N) is 3. The number of pyridine rings is 2. The van der Waals surface area contributed by atoms with E-state index in [0.29, 0.717) is 48.3 Å². The van der Waals surface area contributed by atoms with Gasteiger partial charge in [-0.1, -0.05) is 11.6 Å². The molecule has 2 aliphatic heterocycles. The highest BCUT2D eigenvalue weighted by molar-refractivity contribution is 6.41. The summed E-state index contributed by atoms with van der Waals surface area (Å²) in [7, 11) is 0. The number of benzene rings is 1. The van der Waals surface area contributed by atoms with Gasteiger partial charge in [-0.3, -0.25) is 33.9 Å². The number of aromatic nitrogens is 4. The number of fused-ring (bicyclic) bond motifs is 6. The van der Waals surface area contributed by atoms with Crippen molar-refractivity contribution in [1.82, 2.24) is 24.8 Å². The minimum atomic E-state index is -5.77. The number of carbonyl (C=O) groups excluding carboxylic acids is 5. The summed E-state index contributed by atoms with van der Waals surface area (Å²) in [5.74, 6) is -5.75. The van der Waals surface area contributed by atoms with Crippen LogP contribution in [0.2, 0.25) is 5.02 Å². The molecule has 13 nitrogen and oxygen atoms in total. The van der Waals surface area contributed by atoms with Crippen molar-refractivity contribution in [2.75, 3.05) is 29.0 Å². The molecule has 0 aliphatic carbocycles. The number of aryl methyl sites for hydroxylation is 2. The second-order valence-electron chi connectivity index (χ2n) is 12.6. The fourth-order valence-corrected chi connectivity index (χ4v) is 5.62. The number of amides is 2. The van der Waals surface area contributed by atoms with Crippen LogP contribution in [-0.4, -0.2) is 86.1 Å². The number of hydrogen-bond acceptors (Lipinski definition) is 11. The van der Waals surface area contributed by atoms with Gasteiger partial charge in [0.25, 0.3) is 5.91 Å². The van der Waals surface area contributed by atoms with Crippen LogP contribution in [0.25, 0.3) is 0 Å². The van der Waals surface area contributed by atoms with E-state index in [-0.39, 0.29) is 17.7 Å². The topological polar surface area (TPSA) is 176 Å². The van der Waals surface area contributed by atoms with Gasteiger partial charge in [-0.2, -0.15) is 44.5 Å². The molecule has 23 heteroatoms. The molecule has 0 spiro atoms. The molecular formula is C36H30ClF9N8O5. The van der Waals surface area contributed by atoms with E-state index in [2.05, 4.69) is 35.9 Å². The van der Waals surface area contributed by atoms with Gasteiger partial charge >= 0.3 is 30.1 Å². The van der Waals surface area contributed by atoms with Gasteiger partial charge in [-0.15, -0.1) is 0 Å². The molecule has 3 N–H and O–H groups in total. The van der Waals surface area contributed by atoms with E-state index in [1.54, 1.807) is 36.9 Å². The third-order valence-corrected chi connectivity index (χ3v) is 8.54. The van der Waals surface area contributed by atoms with Crippen molar-refractivity contribution in [3.05, 3.63) is 89.1 Å². The first-order valence-electron chi connectivity index (χ1n) is 17.0. The Morgan fingerprint density at radius 2 is 1.49 bits per heavy atom. The number of Topliss-reactive ketones (excluding diaryl/α,β-unsaturated/α-hetero) is 2. The van der Waals surface area contributed by atoms with Crippen molar-refractivity contribution in [2.45, 2.75) is 50.6 Å². The number of aldehydes is 1. The second kappa shape index (κ2) is 19.5. The summed E-state index contributed by atoms with van der Waals surface area (Å²) >= 11 is 6.37. The summed E-state index contributed by atoms with van der Waals surface area (Å²) < 4.78 is 98.2. The molecule has 314 valence electrons. The highest BCUT2D eigenvalue weighted by Crippen LogP contribution is 2.30. The van der Waals surface area contributed by atoms with Crippen LogP contribution in [0.4, 0.5) is 68.3 Å². The number of carbonyl (C=O) groups is 5. The lowest BCUT2D eigenvalue weighted by atomic mass is 9.92. The maximum atomic E-state index is 13.1. The van der Waals surface area contributed by atoms with E-state index in [9.17, 15) is 58.7 Å². The van der Waals surface area contributed by atoms with Crippen molar-refractivity contribution in [1.29, 1.82) is 0 Å². The number of rotatable bonds is 5. The summed E-state index contributed by atoms with van der Waals surface area (Å²) in [6, 6.07) is 11.4. The van der Waals surface area contributed by atoms with Crippen molar-refractivity contribution >= 4 is 70.1 Å². The monoisotopic (exact) mass is 860 g/mol. The van der Waals surface area contributed by atoms with Gasteiger partial charge in [0, 0.05) is 49.5 Å². The third kappa shape index (κ3) is 14.0. The van der Waals surface area contributed by atoms with Crippen LogP contribution >= 0.6 is 11.6 Å². The van der Waals surface area contributed by atoms with Crippen LogP contribution in [0.15, 0.2) is 67.4 Å². The summed E-state index contributed by atoms with van der Waals surface area (Å²) in [6.45, 7) is 1.26. The molecule has 0 radical (unpaired) electrons.